The van der Waals surface area contributed by atoms with E-state index < -0.39 is 0 Å². The second-order valence-electron chi connectivity index (χ2n) is 5.13. The summed E-state index contributed by atoms with van der Waals surface area (Å²) in [7, 11) is 0. The van der Waals surface area contributed by atoms with Crippen molar-refractivity contribution in [3.05, 3.63) is 35.9 Å². The van der Waals surface area contributed by atoms with E-state index in [4.69, 9.17) is 0 Å². The van der Waals surface area contributed by atoms with E-state index >= 15 is 0 Å². The van der Waals surface area contributed by atoms with Crippen LogP contribution >= 0.6 is 0 Å². The number of aliphatic hydroxyl groups excluding tert-OH is 1. The number of hydrogen-bond acceptors (Lipinski definition) is 2. The molecule has 0 unspecified atom stereocenters. The third-order valence-corrected chi connectivity index (χ3v) is 3.77. The average Bonchev–Trinajstić information content (AvgIpc) is 2.56. The molecule has 0 aliphatic carbocycles. The Morgan fingerprint density at radius 3 is 2.72 bits per heavy atom. The minimum Gasteiger partial charge on any atom is -0.394 e. The summed E-state index contributed by atoms with van der Waals surface area (Å²) in [5, 5.41) is 9.61. The summed E-state index contributed by atoms with van der Waals surface area (Å²) in [5.74, 6) is 0.760. The first-order valence-corrected chi connectivity index (χ1v) is 6.67. The molecule has 1 N–H and O–H groups in total. The lowest BCUT2D eigenvalue weighted by molar-refractivity contribution is -0.134. The van der Waals surface area contributed by atoms with Gasteiger partial charge in [0.1, 0.15) is 0 Å². The van der Waals surface area contributed by atoms with E-state index in [0.717, 1.165) is 24.9 Å². The molecule has 1 aliphatic heterocycles. The molecule has 0 saturated carbocycles. The second kappa shape index (κ2) is 6.01. The van der Waals surface area contributed by atoms with E-state index in [2.05, 4.69) is 6.92 Å². The normalized spacial score (nSPS) is 22.7. The van der Waals surface area contributed by atoms with E-state index in [9.17, 15) is 9.90 Å². The summed E-state index contributed by atoms with van der Waals surface area (Å²) < 4.78 is 0. The van der Waals surface area contributed by atoms with Crippen LogP contribution in [0.4, 0.5) is 0 Å². The molecule has 2 rings (SSSR count). The van der Waals surface area contributed by atoms with Gasteiger partial charge in [0, 0.05) is 13.0 Å². The molecule has 18 heavy (non-hydrogen) atoms. The molecule has 3 nitrogen and oxygen atoms in total. The number of aliphatic hydroxyl groups is 1. The Morgan fingerprint density at radius 1 is 1.33 bits per heavy atom. The molecule has 98 valence electrons. The number of hydrogen-bond donors (Lipinski definition) is 1. The van der Waals surface area contributed by atoms with E-state index in [1.54, 1.807) is 0 Å². The van der Waals surface area contributed by atoms with Crippen LogP contribution in [0.1, 0.15) is 37.8 Å². The zero-order chi connectivity index (χ0) is 13.0. The number of benzene rings is 1. The molecular formula is C15H21NO2. The monoisotopic (exact) mass is 247 g/mol. The van der Waals surface area contributed by atoms with Crippen LogP contribution in [0.2, 0.25) is 0 Å². The van der Waals surface area contributed by atoms with Crippen LogP contribution in [0, 0.1) is 5.92 Å². The fourth-order valence-electron chi connectivity index (χ4n) is 2.53. The van der Waals surface area contributed by atoms with Gasteiger partial charge in [-0.25, -0.2) is 0 Å². The highest BCUT2D eigenvalue weighted by atomic mass is 16.3. The van der Waals surface area contributed by atoms with Crippen LogP contribution < -0.4 is 0 Å². The van der Waals surface area contributed by atoms with Crippen LogP contribution in [0.15, 0.2) is 30.3 Å². The Morgan fingerprint density at radius 2 is 2.06 bits per heavy atom. The van der Waals surface area contributed by atoms with Crippen LogP contribution in [-0.4, -0.2) is 29.1 Å². The first-order chi connectivity index (χ1) is 8.72. The van der Waals surface area contributed by atoms with Gasteiger partial charge in [0.2, 0.25) is 5.91 Å². The van der Waals surface area contributed by atoms with Crippen LogP contribution in [0.5, 0.6) is 0 Å². The summed E-state index contributed by atoms with van der Waals surface area (Å²) in [6.45, 7) is 2.93. The van der Waals surface area contributed by atoms with Gasteiger partial charge in [-0.15, -0.1) is 0 Å². The lowest BCUT2D eigenvalue weighted by Gasteiger charge is -2.30. The highest BCUT2D eigenvalue weighted by Gasteiger charge is 2.27. The van der Waals surface area contributed by atoms with Crippen molar-refractivity contribution in [2.45, 2.75) is 32.2 Å². The zero-order valence-corrected chi connectivity index (χ0v) is 10.9. The zero-order valence-electron chi connectivity index (χ0n) is 10.9. The molecule has 0 aromatic heterocycles. The SMILES string of the molecule is C[C@@H]1CCC(=O)N([C@@H](CO)c2ccccc2)CC1. The van der Waals surface area contributed by atoms with E-state index in [0.29, 0.717) is 12.3 Å². The second-order valence-corrected chi connectivity index (χ2v) is 5.13. The van der Waals surface area contributed by atoms with Crippen molar-refractivity contribution in [1.82, 2.24) is 4.90 Å². The lowest BCUT2D eigenvalue weighted by Crippen LogP contribution is -2.36. The topological polar surface area (TPSA) is 40.5 Å². The van der Waals surface area contributed by atoms with Crippen molar-refractivity contribution < 1.29 is 9.90 Å². The molecule has 1 heterocycles. The van der Waals surface area contributed by atoms with Crippen molar-refractivity contribution in [3.8, 4) is 0 Å². The van der Waals surface area contributed by atoms with Crippen molar-refractivity contribution in [3.63, 3.8) is 0 Å². The van der Waals surface area contributed by atoms with Gasteiger partial charge in [-0.3, -0.25) is 4.79 Å². The fourth-order valence-corrected chi connectivity index (χ4v) is 2.53. The Bertz CT molecular complexity index is 391. The van der Waals surface area contributed by atoms with Gasteiger partial charge in [0.25, 0.3) is 0 Å². The molecule has 2 atom stereocenters. The summed E-state index contributed by atoms with van der Waals surface area (Å²) >= 11 is 0. The van der Waals surface area contributed by atoms with E-state index in [1.807, 2.05) is 35.2 Å². The third-order valence-electron chi connectivity index (χ3n) is 3.77. The standard InChI is InChI=1S/C15H21NO2/c1-12-7-8-15(18)16(10-9-12)14(11-17)13-5-3-2-4-6-13/h2-6,12,14,17H,7-11H2,1H3/t12-,14+/m1/s1. The molecule has 3 heteroatoms. The average molecular weight is 247 g/mol. The molecule has 1 amide bonds. The van der Waals surface area contributed by atoms with Gasteiger partial charge in [0.05, 0.1) is 12.6 Å². The number of carbonyl (C=O) groups excluding carboxylic acids is 1. The number of likely N-dealkylation sites (tertiary alicyclic amines) is 1. The maximum Gasteiger partial charge on any atom is 0.223 e. The van der Waals surface area contributed by atoms with Crippen molar-refractivity contribution in [1.29, 1.82) is 0 Å². The van der Waals surface area contributed by atoms with E-state index in [-0.39, 0.29) is 18.6 Å². The van der Waals surface area contributed by atoms with Crippen LogP contribution in [-0.2, 0) is 4.79 Å². The summed E-state index contributed by atoms with van der Waals surface area (Å²) in [6.07, 6.45) is 2.59. The van der Waals surface area contributed by atoms with Gasteiger partial charge in [-0.1, -0.05) is 37.3 Å². The van der Waals surface area contributed by atoms with Gasteiger partial charge < -0.3 is 10.0 Å². The number of nitrogens with zero attached hydrogens (tertiary/aromatic N) is 1. The van der Waals surface area contributed by atoms with Gasteiger partial charge >= 0.3 is 0 Å². The van der Waals surface area contributed by atoms with Gasteiger partial charge in [-0.2, -0.15) is 0 Å². The predicted molar refractivity (Wildman–Crippen MR) is 71.0 cm³/mol. The minimum atomic E-state index is -0.191. The molecule has 0 radical (unpaired) electrons. The number of rotatable bonds is 3. The summed E-state index contributed by atoms with van der Waals surface area (Å²) in [5.41, 5.74) is 1.02. The molecule has 1 saturated heterocycles. The van der Waals surface area contributed by atoms with Crippen LogP contribution in [0.3, 0.4) is 0 Å². The Hall–Kier alpha value is -1.35. The first kappa shape index (κ1) is 13.1. The third kappa shape index (κ3) is 2.91. The van der Waals surface area contributed by atoms with Crippen molar-refractivity contribution in [2.75, 3.05) is 13.2 Å². The highest BCUT2D eigenvalue weighted by Crippen LogP contribution is 2.26. The van der Waals surface area contributed by atoms with Gasteiger partial charge in [-0.05, 0) is 24.3 Å². The quantitative estimate of drug-likeness (QED) is 0.890. The summed E-state index contributed by atoms with van der Waals surface area (Å²) in [6, 6.07) is 9.60. The highest BCUT2D eigenvalue weighted by molar-refractivity contribution is 5.77. The number of amides is 1. The minimum absolute atomic E-state index is 0.00979. The maximum absolute atomic E-state index is 12.1. The Balaban J connectivity index is 2.18. The fraction of sp³-hybridized carbons (Fsp3) is 0.533. The molecule has 0 bridgehead atoms. The predicted octanol–water partition coefficient (Wildman–Crippen LogP) is 2.37. The Labute approximate surface area is 108 Å². The van der Waals surface area contributed by atoms with Crippen LogP contribution in [0.25, 0.3) is 0 Å². The van der Waals surface area contributed by atoms with Crippen molar-refractivity contribution >= 4 is 5.91 Å². The molecular weight excluding hydrogens is 226 g/mol. The smallest absolute Gasteiger partial charge is 0.223 e. The number of carbonyl (C=O) groups is 1. The molecule has 0 spiro atoms. The van der Waals surface area contributed by atoms with E-state index in [1.165, 1.54) is 0 Å². The molecule has 1 aliphatic rings. The molecule has 1 fully saturated rings. The van der Waals surface area contributed by atoms with Gasteiger partial charge in [0.15, 0.2) is 0 Å². The first-order valence-electron chi connectivity index (χ1n) is 6.67. The molecule has 1 aromatic rings. The Kier molecular flexibility index (Phi) is 4.37. The molecule has 1 aromatic carbocycles. The van der Waals surface area contributed by atoms with Crippen molar-refractivity contribution in [2.24, 2.45) is 5.92 Å². The largest absolute Gasteiger partial charge is 0.394 e. The maximum atomic E-state index is 12.1. The summed E-state index contributed by atoms with van der Waals surface area (Å²) in [4.78, 5) is 14.0. The lowest BCUT2D eigenvalue weighted by atomic mass is 10.0.